The largest absolute Gasteiger partial charge is 0.347 e. The second-order valence-electron chi connectivity index (χ2n) is 4.33. The van der Waals surface area contributed by atoms with Gasteiger partial charge in [-0.15, -0.1) is 0 Å². The lowest BCUT2D eigenvalue weighted by Crippen LogP contribution is -2.16. The van der Waals surface area contributed by atoms with Crippen molar-refractivity contribution in [1.82, 2.24) is 9.97 Å². The maximum absolute atomic E-state index is 8.79. The SMILES string of the molecule is CN(C)c1nccc(N(C)c2ccc(C#N)cc2)n1. The van der Waals surface area contributed by atoms with Crippen molar-refractivity contribution < 1.29 is 0 Å². The normalized spacial score (nSPS) is 9.79. The molecule has 0 bridgehead atoms. The summed E-state index contributed by atoms with van der Waals surface area (Å²) in [5.41, 5.74) is 1.62. The molecule has 0 aliphatic carbocycles. The van der Waals surface area contributed by atoms with E-state index in [1.54, 1.807) is 18.3 Å². The van der Waals surface area contributed by atoms with Crippen molar-refractivity contribution in [3.8, 4) is 6.07 Å². The Morgan fingerprint density at radius 1 is 1.05 bits per heavy atom. The number of nitrogens with zero attached hydrogens (tertiary/aromatic N) is 5. The monoisotopic (exact) mass is 253 g/mol. The van der Waals surface area contributed by atoms with Gasteiger partial charge in [-0.3, -0.25) is 0 Å². The van der Waals surface area contributed by atoms with Crippen LogP contribution in [-0.4, -0.2) is 31.1 Å². The van der Waals surface area contributed by atoms with Gasteiger partial charge in [-0.2, -0.15) is 10.2 Å². The van der Waals surface area contributed by atoms with Gasteiger partial charge in [0, 0.05) is 33.0 Å². The lowest BCUT2D eigenvalue weighted by Gasteiger charge is -2.19. The number of hydrogen-bond acceptors (Lipinski definition) is 5. The molecular weight excluding hydrogens is 238 g/mol. The summed E-state index contributed by atoms with van der Waals surface area (Å²) in [7, 11) is 5.74. The van der Waals surface area contributed by atoms with E-state index in [1.165, 1.54) is 0 Å². The molecule has 1 aromatic carbocycles. The Morgan fingerprint density at radius 2 is 1.74 bits per heavy atom. The van der Waals surface area contributed by atoms with Crippen LogP contribution < -0.4 is 9.80 Å². The summed E-state index contributed by atoms with van der Waals surface area (Å²) in [4.78, 5) is 12.5. The second-order valence-corrected chi connectivity index (χ2v) is 4.33. The van der Waals surface area contributed by atoms with Gasteiger partial charge >= 0.3 is 0 Å². The smallest absolute Gasteiger partial charge is 0.226 e. The number of benzene rings is 1. The number of anilines is 3. The molecule has 0 aliphatic heterocycles. The average molecular weight is 253 g/mol. The number of hydrogen-bond donors (Lipinski definition) is 0. The van der Waals surface area contributed by atoms with E-state index in [0.29, 0.717) is 11.5 Å². The van der Waals surface area contributed by atoms with Gasteiger partial charge in [-0.25, -0.2) is 4.98 Å². The molecule has 96 valence electrons. The van der Waals surface area contributed by atoms with E-state index in [2.05, 4.69) is 16.0 Å². The first-order valence-electron chi connectivity index (χ1n) is 5.86. The van der Waals surface area contributed by atoms with Crippen molar-refractivity contribution in [1.29, 1.82) is 5.26 Å². The van der Waals surface area contributed by atoms with Crippen molar-refractivity contribution in [3.63, 3.8) is 0 Å². The summed E-state index contributed by atoms with van der Waals surface area (Å²) in [5.74, 6) is 1.47. The summed E-state index contributed by atoms with van der Waals surface area (Å²) >= 11 is 0. The van der Waals surface area contributed by atoms with Gasteiger partial charge in [-0.1, -0.05) is 0 Å². The molecule has 2 aromatic rings. The van der Waals surface area contributed by atoms with Crippen LogP contribution in [0.15, 0.2) is 36.5 Å². The Morgan fingerprint density at radius 3 is 2.32 bits per heavy atom. The fraction of sp³-hybridized carbons (Fsp3) is 0.214. The standard InChI is InChI=1S/C14H15N5/c1-18(2)14-16-9-8-13(17-14)19(3)12-6-4-11(10-15)5-7-12/h4-9H,1-3H3. The van der Waals surface area contributed by atoms with E-state index in [0.717, 1.165) is 11.5 Å². The van der Waals surface area contributed by atoms with E-state index in [9.17, 15) is 0 Å². The van der Waals surface area contributed by atoms with E-state index >= 15 is 0 Å². The molecule has 0 radical (unpaired) electrons. The van der Waals surface area contributed by atoms with Crippen molar-refractivity contribution in [2.24, 2.45) is 0 Å². The van der Waals surface area contributed by atoms with Crippen LogP contribution in [0.3, 0.4) is 0 Å². The molecule has 0 saturated heterocycles. The third-order valence-electron chi connectivity index (χ3n) is 2.76. The predicted molar refractivity (Wildman–Crippen MR) is 75.6 cm³/mol. The summed E-state index contributed by atoms with van der Waals surface area (Å²) in [5, 5.41) is 8.79. The van der Waals surface area contributed by atoms with Crippen LogP contribution >= 0.6 is 0 Å². The first-order chi connectivity index (χ1) is 9.11. The third-order valence-corrected chi connectivity index (χ3v) is 2.76. The van der Waals surface area contributed by atoms with Crippen LogP contribution in [0, 0.1) is 11.3 Å². The van der Waals surface area contributed by atoms with Crippen LogP contribution in [0.1, 0.15) is 5.56 Å². The van der Waals surface area contributed by atoms with Crippen molar-refractivity contribution in [3.05, 3.63) is 42.1 Å². The van der Waals surface area contributed by atoms with Crippen LogP contribution in [-0.2, 0) is 0 Å². The number of nitriles is 1. The molecule has 2 rings (SSSR count). The average Bonchev–Trinajstić information content (AvgIpc) is 2.46. The predicted octanol–water partition coefficient (Wildman–Crippen LogP) is 2.18. The van der Waals surface area contributed by atoms with Crippen LogP contribution in [0.25, 0.3) is 0 Å². The molecule has 0 unspecified atom stereocenters. The van der Waals surface area contributed by atoms with Crippen LogP contribution in [0.4, 0.5) is 17.5 Å². The Kier molecular flexibility index (Phi) is 3.62. The fourth-order valence-corrected chi connectivity index (χ4v) is 1.63. The molecule has 0 fully saturated rings. The van der Waals surface area contributed by atoms with E-state index in [1.807, 2.05) is 49.1 Å². The van der Waals surface area contributed by atoms with Crippen LogP contribution in [0.2, 0.25) is 0 Å². The van der Waals surface area contributed by atoms with Gasteiger partial charge in [0.05, 0.1) is 11.6 Å². The highest BCUT2D eigenvalue weighted by Crippen LogP contribution is 2.22. The molecule has 0 N–H and O–H groups in total. The first-order valence-corrected chi connectivity index (χ1v) is 5.86. The number of rotatable bonds is 3. The Hall–Kier alpha value is -2.61. The van der Waals surface area contributed by atoms with Crippen molar-refractivity contribution >= 4 is 17.5 Å². The maximum Gasteiger partial charge on any atom is 0.226 e. The lowest BCUT2D eigenvalue weighted by molar-refractivity contribution is 0.981. The molecule has 0 spiro atoms. The van der Waals surface area contributed by atoms with E-state index in [4.69, 9.17) is 5.26 Å². The molecule has 5 heteroatoms. The zero-order valence-corrected chi connectivity index (χ0v) is 11.2. The maximum atomic E-state index is 8.79. The molecule has 0 saturated carbocycles. The van der Waals surface area contributed by atoms with Gasteiger partial charge in [-0.05, 0) is 30.3 Å². The highest BCUT2D eigenvalue weighted by atomic mass is 15.3. The molecule has 0 amide bonds. The summed E-state index contributed by atoms with van der Waals surface area (Å²) < 4.78 is 0. The van der Waals surface area contributed by atoms with Gasteiger partial charge < -0.3 is 9.80 Å². The van der Waals surface area contributed by atoms with Gasteiger partial charge in [0.2, 0.25) is 5.95 Å². The zero-order chi connectivity index (χ0) is 13.8. The molecule has 1 heterocycles. The highest BCUT2D eigenvalue weighted by Gasteiger charge is 2.07. The quantitative estimate of drug-likeness (QED) is 0.839. The summed E-state index contributed by atoms with van der Waals surface area (Å²) in [6.45, 7) is 0. The zero-order valence-electron chi connectivity index (χ0n) is 11.2. The van der Waals surface area contributed by atoms with Gasteiger partial charge in [0.1, 0.15) is 5.82 Å². The Balaban J connectivity index is 2.30. The minimum absolute atomic E-state index is 0.647. The van der Waals surface area contributed by atoms with Gasteiger partial charge in [0.25, 0.3) is 0 Å². The van der Waals surface area contributed by atoms with E-state index < -0.39 is 0 Å². The highest BCUT2D eigenvalue weighted by molar-refractivity contribution is 5.60. The Bertz CT molecular complexity index is 598. The Labute approximate surface area is 112 Å². The lowest BCUT2D eigenvalue weighted by atomic mass is 10.2. The second kappa shape index (κ2) is 5.36. The molecule has 5 nitrogen and oxygen atoms in total. The van der Waals surface area contributed by atoms with Crippen molar-refractivity contribution in [2.75, 3.05) is 30.9 Å². The molecule has 0 aliphatic rings. The first kappa shape index (κ1) is 12.8. The van der Waals surface area contributed by atoms with E-state index in [-0.39, 0.29) is 0 Å². The van der Waals surface area contributed by atoms with Gasteiger partial charge in [0.15, 0.2) is 0 Å². The fourth-order valence-electron chi connectivity index (χ4n) is 1.63. The summed E-state index contributed by atoms with van der Waals surface area (Å²) in [6.07, 6.45) is 1.73. The number of aromatic nitrogens is 2. The van der Waals surface area contributed by atoms with Crippen LogP contribution in [0.5, 0.6) is 0 Å². The minimum Gasteiger partial charge on any atom is -0.347 e. The topological polar surface area (TPSA) is 56.1 Å². The molecule has 19 heavy (non-hydrogen) atoms. The third kappa shape index (κ3) is 2.80. The molecule has 1 aromatic heterocycles. The van der Waals surface area contributed by atoms with Crippen molar-refractivity contribution in [2.45, 2.75) is 0 Å². The molecular formula is C14H15N5. The molecule has 0 atom stereocenters. The minimum atomic E-state index is 0.647. The summed E-state index contributed by atoms with van der Waals surface area (Å²) in [6, 6.07) is 11.3.